The molecule has 3 aromatic rings. The first kappa shape index (κ1) is 24.6. The van der Waals surface area contributed by atoms with Gasteiger partial charge in [-0.15, -0.1) is 5.10 Å². The molecule has 2 aromatic heterocycles. The molecule has 3 heterocycles. The zero-order chi connectivity index (χ0) is 24.6. The molecule has 1 aromatic carbocycles. The lowest BCUT2D eigenvalue weighted by Gasteiger charge is -2.41. The van der Waals surface area contributed by atoms with Crippen molar-refractivity contribution in [2.24, 2.45) is 0 Å². The predicted octanol–water partition coefficient (Wildman–Crippen LogP) is 2.16. The number of halogens is 4. The van der Waals surface area contributed by atoms with Crippen molar-refractivity contribution in [2.45, 2.75) is 34.7 Å². The van der Waals surface area contributed by atoms with Gasteiger partial charge >= 0.3 is 0 Å². The second-order valence-corrected chi connectivity index (χ2v) is 9.29. The SMILES string of the molecule is N#Cc1ncc(S[C@H]2OC(CO)[C@H](O)[C@H](n3cc(-c4cc(F)c(F)c(F)c4)nn3)C2O)cc1Br. The Morgan fingerprint density at radius 1 is 1.18 bits per heavy atom. The van der Waals surface area contributed by atoms with Crippen LogP contribution in [0.25, 0.3) is 11.3 Å². The van der Waals surface area contributed by atoms with E-state index in [1.165, 1.54) is 12.4 Å². The van der Waals surface area contributed by atoms with Crippen LogP contribution in [-0.4, -0.2) is 65.7 Å². The van der Waals surface area contributed by atoms with E-state index in [1.807, 2.05) is 6.07 Å². The Labute approximate surface area is 202 Å². The van der Waals surface area contributed by atoms with Crippen LogP contribution in [-0.2, 0) is 4.74 Å². The molecule has 4 rings (SSSR count). The van der Waals surface area contributed by atoms with Gasteiger partial charge in [-0.3, -0.25) is 0 Å². The molecule has 1 saturated heterocycles. The number of aromatic nitrogens is 4. The Morgan fingerprint density at radius 3 is 2.50 bits per heavy atom. The molecular weight excluding hydrogens is 543 g/mol. The third kappa shape index (κ3) is 4.67. The van der Waals surface area contributed by atoms with Gasteiger partial charge in [-0.25, -0.2) is 22.8 Å². The molecule has 0 amide bonds. The van der Waals surface area contributed by atoms with Crippen LogP contribution in [0.5, 0.6) is 0 Å². The fourth-order valence-corrected chi connectivity index (χ4v) is 5.09. The van der Waals surface area contributed by atoms with Crippen molar-refractivity contribution in [1.29, 1.82) is 5.26 Å². The van der Waals surface area contributed by atoms with E-state index in [9.17, 15) is 28.5 Å². The molecule has 1 fully saturated rings. The van der Waals surface area contributed by atoms with Crippen LogP contribution in [0.4, 0.5) is 13.2 Å². The molecule has 1 aliphatic heterocycles. The van der Waals surface area contributed by atoms with Crippen molar-refractivity contribution in [3.63, 3.8) is 0 Å². The topological polar surface area (TPSA) is 137 Å². The quantitative estimate of drug-likeness (QED) is 0.403. The van der Waals surface area contributed by atoms with Crippen LogP contribution in [0, 0.1) is 28.8 Å². The number of benzene rings is 1. The first-order chi connectivity index (χ1) is 16.2. The molecule has 2 unspecified atom stereocenters. The van der Waals surface area contributed by atoms with Crippen molar-refractivity contribution in [2.75, 3.05) is 6.61 Å². The van der Waals surface area contributed by atoms with Gasteiger partial charge in [0.15, 0.2) is 23.1 Å². The van der Waals surface area contributed by atoms with Gasteiger partial charge in [-0.05, 0) is 34.1 Å². The summed E-state index contributed by atoms with van der Waals surface area (Å²) in [5.74, 6) is -4.44. The van der Waals surface area contributed by atoms with Crippen LogP contribution >= 0.6 is 27.7 Å². The van der Waals surface area contributed by atoms with Gasteiger partial charge in [0, 0.05) is 16.7 Å². The number of nitriles is 1. The predicted molar refractivity (Wildman–Crippen MR) is 115 cm³/mol. The summed E-state index contributed by atoms with van der Waals surface area (Å²) < 4.78 is 47.7. The van der Waals surface area contributed by atoms with Gasteiger partial charge in [-0.1, -0.05) is 17.0 Å². The summed E-state index contributed by atoms with van der Waals surface area (Å²) in [6.45, 7) is -0.577. The highest BCUT2D eigenvalue weighted by atomic mass is 79.9. The van der Waals surface area contributed by atoms with Crippen molar-refractivity contribution >= 4 is 27.7 Å². The first-order valence-electron chi connectivity index (χ1n) is 9.65. The van der Waals surface area contributed by atoms with Crippen molar-refractivity contribution in [3.05, 3.63) is 58.2 Å². The minimum Gasteiger partial charge on any atom is -0.394 e. The molecular formula is C20H15BrF3N5O4S. The minimum absolute atomic E-state index is 0.0336. The van der Waals surface area contributed by atoms with Gasteiger partial charge in [0.2, 0.25) is 0 Å². The Kier molecular flexibility index (Phi) is 7.22. The number of rotatable bonds is 5. The monoisotopic (exact) mass is 557 g/mol. The second-order valence-electron chi connectivity index (χ2n) is 7.27. The van der Waals surface area contributed by atoms with E-state index in [0.29, 0.717) is 9.37 Å². The number of pyridine rings is 1. The molecule has 0 aliphatic carbocycles. The Hall–Kier alpha value is -2.54. The highest BCUT2D eigenvalue weighted by Crippen LogP contribution is 2.38. The third-order valence-electron chi connectivity index (χ3n) is 5.12. The van der Waals surface area contributed by atoms with E-state index in [2.05, 4.69) is 31.2 Å². The van der Waals surface area contributed by atoms with E-state index in [4.69, 9.17) is 10.00 Å². The Bertz CT molecular complexity index is 1240. The number of hydrogen-bond acceptors (Lipinski definition) is 9. The number of nitrogens with zero attached hydrogens (tertiary/aromatic N) is 5. The molecule has 0 spiro atoms. The highest BCUT2D eigenvalue weighted by molar-refractivity contribution is 9.10. The molecule has 178 valence electrons. The van der Waals surface area contributed by atoms with E-state index in [0.717, 1.165) is 28.6 Å². The lowest BCUT2D eigenvalue weighted by atomic mass is 9.97. The number of hydrogen-bond donors (Lipinski definition) is 3. The first-order valence-corrected chi connectivity index (χ1v) is 11.3. The molecule has 5 atom stereocenters. The van der Waals surface area contributed by atoms with Crippen molar-refractivity contribution in [3.8, 4) is 17.3 Å². The summed E-state index contributed by atoms with van der Waals surface area (Å²) in [5, 5.41) is 48.0. The third-order valence-corrected chi connectivity index (χ3v) is 6.84. The van der Waals surface area contributed by atoms with E-state index in [-0.39, 0.29) is 17.0 Å². The van der Waals surface area contributed by atoms with Crippen molar-refractivity contribution in [1.82, 2.24) is 20.0 Å². The smallest absolute Gasteiger partial charge is 0.194 e. The summed E-state index contributed by atoms with van der Waals surface area (Å²) in [4.78, 5) is 4.52. The molecule has 34 heavy (non-hydrogen) atoms. The number of aliphatic hydroxyl groups excluding tert-OH is 3. The average Bonchev–Trinajstić information content (AvgIpc) is 3.29. The van der Waals surface area contributed by atoms with E-state index >= 15 is 0 Å². The maximum atomic E-state index is 13.6. The van der Waals surface area contributed by atoms with Crippen LogP contribution in [0.15, 0.2) is 40.0 Å². The van der Waals surface area contributed by atoms with Gasteiger partial charge in [-0.2, -0.15) is 5.26 Å². The maximum absolute atomic E-state index is 13.6. The van der Waals surface area contributed by atoms with Crippen molar-refractivity contribution < 1.29 is 33.2 Å². The average molecular weight is 558 g/mol. The van der Waals surface area contributed by atoms with Crippen LogP contribution in [0.3, 0.4) is 0 Å². The Morgan fingerprint density at radius 2 is 1.88 bits per heavy atom. The van der Waals surface area contributed by atoms with Gasteiger partial charge in [0.05, 0.1) is 17.3 Å². The van der Waals surface area contributed by atoms with Crippen LogP contribution in [0.1, 0.15) is 11.7 Å². The van der Waals surface area contributed by atoms with Crippen LogP contribution < -0.4 is 0 Å². The number of thioether (sulfide) groups is 1. The zero-order valence-corrected chi connectivity index (χ0v) is 19.3. The normalized spacial score (nSPS) is 24.7. The lowest BCUT2D eigenvalue weighted by Crippen LogP contribution is -2.55. The fraction of sp³-hybridized carbons (Fsp3) is 0.300. The maximum Gasteiger partial charge on any atom is 0.194 e. The molecule has 0 bridgehead atoms. The molecule has 0 radical (unpaired) electrons. The van der Waals surface area contributed by atoms with E-state index in [1.54, 1.807) is 6.07 Å². The Balaban J connectivity index is 1.63. The number of aliphatic hydroxyl groups is 3. The molecule has 9 nitrogen and oxygen atoms in total. The lowest BCUT2D eigenvalue weighted by molar-refractivity contribution is -0.178. The van der Waals surface area contributed by atoms with Gasteiger partial charge < -0.3 is 20.1 Å². The van der Waals surface area contributed by atoms with Gasteiger partial charge in [0.1, 0.15) is 41.6 Å². The van der Waals surface area contributed by atoms with E-state index < -0.39 is 53.8 Å². The van der Waals surface area contributed by atoms with Gasteiger partial charge in [0.25, 0.3) is 0 Å². The molecule has 0 saturated carbocycles. The largest absolute Gasteiger partial charge is 0.394 e. The summed E-state index contributed by atoms with van der Waals surface area (Å²) in [5.41, 5.74) is -0.967. The highest BCUT2D eigenvalue weighted by Gasteiger charge is 2.46. The summed E-state index contributed by atoms with van der Waals surface area (Å²) >= 11 is 4.27. The zero-order valence-electron chi connectivity index (χ0n) is 16.9. The fourth-order valence-electron chi connectivity index (χ4n) is 3.44. The minimum atomic E-state index is -1.62. The molecule has 1 aliphatic rings. The summed E-state index contributed by atoms with van der Waals surface area (Å²) in [7, 11) is 0. The molecule has 3 N–H and O–H groups in total. The standard InChI is InChI=1S/C20H15BrF3N5O4S/c21-10-3-9(5-26-13(10)4-25)34-20-19(32)17(18(31)15(7-30)33-20)29-6-14(27-28-29)8-1-11(22)16(24)12(23)2-8/h1-3,5-6,15,17-20,30-32H,7H2/t15?,17-,18-,19?,20+/m0/s1. The van der Waals surface area contributed by atoms with Crippen LogP contribution in [0.2, 0.25) is 0 Å². The molecule has 14 heteroatoms. The number of ether oxygens (including phenoxy) is 1. The second kappa shape index (κ2) is 9.98. The summed E-state index contributed by atoms with van der Waals surface area (Å²) in [6, 6.07) is 3.84. The summed E-state index contributed by atoms with van der Waals surface area (Å²) in [6.07, 6.45) is -1.27.